The second-order valence-electron chi connectivity index (χ2n) is 6.61. The van der Waals surface area contributed by atoms with Gasteiger partial charge in [0.2, 0.25) is 0 Å². The van der Waals surface area contributed by atoms with Crippen molar-refractivity contribution in [2.45, 2.75) is 18.1 Å². The summed E-state index contributed by atoms with van der Waals surface area (Å²) in [5.74, 6) is 0. The Kier molecular flexibility index (Phi) is 3.50. The fourth-order valence-corrected chi connectivity index (χ4v) is 4.30. The van der Waals surface area contributed by atoms with Crippen LogP contribution in [0.4, 0.5) is 5.69 Å². The first kappa shape index (κ1) is 14.9. The van der Waals surface area contributed by atoms with Gasteiger partial charge in [0.25, 0.3) is 0 Å². The van der Waals surface area contributed by atoms with Crippen molar-refractivity contribution in [3.8, 4) is 0 Å². The predicted molar refractivity (Wildman–Crippen MR) is 104 cm³/mol. The zero-order valence-electron chi connectivity index (χ0n) is 14.0. The Bertz CT molecular complexity index is 1030. The minimum Gasteiger partial charge on any atom is -0.448 e. The van der Waals surface area contributed by atoms with Gasteiger partial charge in [-0.2, -0.15) is 0 Å². The SMILES string of the molecule is CN1CCc2c([nH]c3c(NSc4cc5ccccc5o4)cccc23)C1. The molecule has 5 heteroatoms. The summed E-state index contributed by atoms with van der Waals surface area (Å²) in [6.07, 6.45) is 1.10. The molecule has 0 fully saturated rings. The van der Waals surface area contributed by atoms with Crippen LogP contribution < -0.4 is 4.72 Å². The van der Waals surface area contributed by atoms with Crippen molar-refractivity contribution in [3.05, 3.63) is 59.8 Å². The molecule has 2 aromatic carbocycles. The van der Waals surface area contributed by atoms with E-state index in [9.17, 15) is 0 Å². The maximum absolute atomic E-state index is 5.88. The van der Waals surface area contributed by atoms with Gasteiger partial charge in [-0.3, -0.25) is 0 Å². The highest BCUT2D eigenvalue weighted by Crippen LogP contribution is 2.34. The maximum Gasteiger partial charge on any atom is 0.181 e. The number of aromatic amines is 1. The average molecular weight is 349 g/mol. The summed E-state index contributed by atoms with van der Waals surface area (Å²) in [6.45, 7) is 2.10. The molecule has 2 aromatic heterocycles. The Morgan fingerprint density at radius 1 is 1.16 bits per heavy atom. The molecular weight excluding hydrogens is 330 g/mol. The van der Waals surface area contributed by atoms with Gasteiger partial charge in [-0.25, -0.2) is 0 Å². The quantitative estimate of drug-likeness (QED) is 0.510. The van der Waals surface area contributed by atoms with Gasteiger partial charge in [-0.15, -0.1) is 0 Å². The third-order valence-corrected chi connectivity index (χ3v) is 5.59. The Balaban J connectivity index is 1.46. The van der Waals surface area contributed by atoms with Gasteiger partial charge >= 0.3 is 0 Å². The van der Waals surface area contributed by atoms with Crippen molar-refractivity contribution >= 4 is 39.5 Å². The van der Waals surface area contributed by atoms with Gasteiger partial charge in [-0.1, -0.05) is 30.3 Å². The van der Waals surface area contributed by atoms with E-state index in [0.29, 0.717) is 0 Å². The first-order valence-corrected chi connectivity index (χ1v) is 9.32. The molecule has 126 valence electrons. The fourth-order valence-electron chi connectivity index (χ4n) is 3.60. The van der Waals surface area contributed by atoms with Crippen LogP contribution >= 0.6 is 11.9 Å². The van der Waals surface area contributed by atoms with Gasteiger partial charge in [0.15, 0.2) is 5.09 Å². The van der Waals surface area contributed by atoms with Crippen LogP contribution in [-0.4, -0.2) is 23.5 Å². The standard InChI is InChI=1S/C20H19N3OS/c1-23-10-9-14-15-6-4-7-16(20(15)21-17(14)12-23)22-25-19-11-13-5-2-3-8-18(13)24-19/h2-8,11,21-22H,9-10,12H2,1H3. The van der Waals surface area contributed by atoms with Crippen molar-refractivity contribution in [1.82, 2.24) is 9.88 Å². The van der Waals surface area contributed by atoms with E-state index in [1.165, 1.54) is 34.1 Å². The van der Waals surface area contributed by atoms with E-state index in [-0.39, 0.29) is 0 Å². The number of nitrogens with zero attached hydrogens (tertiary/aromatic N) is 1. The van der Waals surface area contributed by atoms with E-state index in [0.717, 1.165) is 41.3 Å². The summed E-state index contributed by atoms with van der Waals surface area (Å²) < 4.78 is 9.34. The molecule has 0 saturated heterocycles. The first-order chi connectivity index (χ1) is 12.3. The van der Waals surface area contributed by atoms with Crippen LogP contribution in [0.25, 0.3) is 21.9 Å². The highest BCUT2D eigenvalue weighted by atomic mass is 32.2. The molecule has 4 nitrogen and oxygen atoms in total. The van der Waals surface area contributed by atoms with Crippen molar-refractivity contribution in [2.75, 3.05) is 18.3 Å². The summed E-state index contributed by atoms with van der Waals surface area (Å²) in [5.41, 5.74) is 6.01. The lowest BCUT2D eigenvalue weighted by molar-refractivity contribution is 0.310. The van der Waals surface area contributed by atoms with E-state index in [1.807, 2.05) is 18.2 Å². The van der Waals surface area contributed by atoms with Crippen LogP contribution in [0.1, 0.15) is 11.3 Å². The monoisotopic (exact) mass is 349 g/mol. The lowest BCUT2D eigenvalue weighted by Crippen LogP contribution is -2.26. The normalized spacial score (nSPS) is 14.9. The van der Waals surface area contributed by atoms with Gasteiger partial charge in [0.05, 0.1) is 11.2 Å². The van der Waals surface area contributed by atoms with Crippen molar-refractivity contribution in [2.24, 2.45) is 0 Å². The van der Waals surface area contributed by atoms with Gasteiger partial charge in [-0.05, 0) is 31.2 Å². The minimum atomic E-state index is 0.870. The van der Waals surface area contributed by atoms with Crippen LogP contribution in [0.3, 0.4) is 0 Å². The second-order valence-corrected chi connectivity index (χ2v) is 7.42. The molecule has 4 aromatic rings. The van der Waals surface area contributed by atoms with E-state index in [4.69, 9.17) is 4.42 Å². The van der Waals surface area contributed by atoms with E-state index >= 15 is 0 Å². The summed E-state index contributed by atoms with van der Waals surface area (Å²) in [5, 5.41) is 3.33. The molecular formula is C20H19N3OS. The predicted octanol–water partition coefficient (Wildman–Crippen LogP) is 5.02. The first-order valence-electron chi connectivity index (χ1n) is 8.50. The lowest BCUT2D eigenvalue weighted by atomic mass is 10.0. The summed E-state index contributed by atoms with van der Waals surface area (Å²) in [4.78, 5) is 5.98. The molecule has 0 radical (unpaired) electrons. The maximum atomic E-state index is 5.88. The molecule has 0 aliphatic carbocycles. The summed E-state index contributed by atoms with van der Waals surface area (Å²) in [7, 11) is 2.17. The number of benzene rings is 2. The number of furan rings is 1. The zero-order valence-corrected chi connectivity index (χ0v) is 14.8. The van der Waals surface area contributed by atoms with E-state index in [2.05, 4.69) is 52.0 Å². The number of para-hydroxylation sites is 2. The number of rotatable bonds is 3. The van der Waals surface area contributed by atoms with Gasteiger partial charge in [0.1, 0.15) is 5.58 Å². The summed E-state index contributed by atoms with van der Waals surface area (Å²) >= 11 is 1.51. The van der Waals surface area contributed by atoms with Crippen molar-refractivity contribution in [3.63, 3.8) is 0 Å². The van der Waals surface area contributed by atoms with E-state index in [1.54, 1.807) is 0 Å². The Labute approximate surface area is 150 Å². The topological polar surface area (TPSA) is 44.2 Å². The minimum absolute atomic E-state index is 0.870. The molecule has 0 saturated carbocycles. The largest absolute Gasteiger partial charge is 0.448 e. The van der Waals surface area contributed by atoms with Crippen LogP contribution in [0.2, 0.25) is 0 Å². The number of likely N-dealkylation sites (N-methyl/N-ethyl adjacent to an activating group) is 1. The molecule has 0 spiro atoms. The number of hydrogen-bond donors (Lipinski definition) is 2. The lowest BCUT2D eigenvalue weighted by Gasteiger charge is -2.22. The highest BCUT2D eigenvalue weighted by molar-refractivity contribution is 8.00. The zero-order chi connectivity index (χ0) is 16.8. The number of H-pyrrole nitrogens is 1. The molecule has 0 amide bonds. The third-order valence-electron chi connectivity index (χ3n) is 4.87. The van der Waals surface area contributed by atoms with Crippen LogP contribution in [0.5, 0.6) is 0 Å². The molecule has 2 N–H and O–H groups in total. The molecule has 25 heavy (non-hydrogen) atoms. The Hall–Kier alpha value is -2.37. The molecule has 5 rings (SSSR count). The molecule has 3 heterocycles. The van der Waals surface area contributed by atoms with E-state index < -0.39 is 0 Å². The number of fused-ring (bicyclic) bond motifs is 4. The van der Waals surface area contributed by atoms with Crippen molar-refractivity contribution < 1.29 is 4.42 Å². The highest BCUT2D eigenvalue weighted by Gasteiger charge is 2.19. The molecule has 0 atom stereocenters. The smallest absolute Gasteiger partial charge is 0.181 e. The molecule has 1 aliphatic heterocycles. The Morgan fingerprint density at radius 3 is 3.00 bits per heavy atom. The second kappa shape index (κ2) is 5.86. The fraction of sp³-hybridized carbons (Fsp3) is 0.200. The number of hydrogen-bond acceptors (Lipinski definition) is 4. The average Bonchev–Trinajstić information content (AvgIpc) is 3.20. The number of anilines is 1. The molecule has 0 bridgehead atoms. The molecule has 0 unspecified atom stereocenters. The number of aromatic nitrogens is 1. The van der Waals surface area contributed by atoms with Gasteiger partial charge < -0.3 is 19.0 Å². The van der Waals surface area contributed by atoms with Crippen LogP contribution in [0.15, 0.2) is 58.0 Å². The molecule has 1 aliphatic rings. The Morgan fingerprint density at radius 2 is 2.08 bits per heavy atom. The third kappa shape index (κ3) is 2.60. The summed E-state index contributed by atoms with van der Waals surface area (Å²) in [6, 6.07) is 16.6. The number of nitrogens with one attached hydrogen (secondary N) is 2. The van der Waals surface area contributed by atoms with Crippen LogP contribution in [-0.2, 0) is 13.0 Å². The van der Waals surface area contributed by atoms with Crippen molar-refractivity contribution in [1.29, 1.82) is 0 Å². The van der Waals surface area contributed by atoms with Gasteiger partial charge in [0, 0.05) is 47.6 Å². The van der Waals surface area contributed by atoms with Crippen LogP contribution in [0, 0.1) is 0 Å².